The molecular weight excluding hydrogens is 423 g/mol. The first-order valence-electron chi connectivity index (χ1n) is 8.37. The fourth-order valence-corrected chi connectivity index (χ4v) is 3.35. The van der Waals surface area contributed by atoms with Gasteiger partial charge in [-0.2, -0.15) is 4.40 Å². The summed E-state index contributed by atoms with van der Waals surface area (Å²) in [5.41, 5.74) is -1.39. The Morgan fingerprint density at radius 3 is 2.59 bits per heavy atom. The first kappa shape index (κ1) is 19.3. The molecule has 0 saturated heterocycles. The van der Waals surface area contributed by atoms with E-state index < -0.39 is 39.2 Å². The van der Waals surface area contributed by atoms with Crippen LogP contribution in [-0.2, 0) is 6.54 Å². The van der Waals surface area contributed by atoms with Crippen LogP contribution in [0.4, 0.5) is 8.78 Å². The Morgan fingerprint density at radius 1 is 1.07 bits per heavy atom. The van der Waals surface area contributed by atoms with Gasteiger partial charge in [-0.15, -0.1) is 0 Å². The predicted molar refractivity (Wildman–Crippen MR) is 102 cm³/mol. The van der Waals surface area contributed by atoms with Gasteiger partial charge in [-0.3, -0.25) is 0 Å². The number of halogens is 4. The molecule has 0 spiro atoms. The number of aromatic nitrogens is 3. The van der Waals surface area contributed by atoms with Crippen LogP contribution >= 0.6 is 23.2 Å². The molecule has 0 N–H and O–H groups in total. The summed E-state index contributed by atoms with van der Waals surface area (Å²) in [5, 5.41) is 13.1. The Hall–Kier alpha value is -3.03. The second-order valence-corrected chi connectivity index (χ2v) is 7.00. The molecule has 29 heavy (non-hydrogen) atoms. The molecule has 1 aromatic carbocycles. The Kier molecular flexibility index (Phi) is 4.94. The highest BCUT2D eigenvalue weighted by Gasteiger charge is 2.26. The Morgan fingerprint density at radius 2 is 1.86 bits per heavy atom. The zero-order valence-corrected chi connectivity index (χ0v) is 16.1. The van der Waals surface area contributed by atoms with Crippen LogP contribution in [0.5, 0.6) is 5.88 Å². The van der Waals surface area contributed by atoms with Crippen LogP contribution in [0.1, 0.15) is 5.56 Å². The van der Waals surface area contributed by atoms with E-state index in [9.17, 15) is 18.7 Å². The van der Waals surface area contributed by atoms with Crippen molar-refractivity contribution in [1.82, 2.24) is 9.38 Å². The van der Waals surface area contributed by atoms with Crippen LogP contribution < -0.4 is 15.2 Å². The number of fused-ring (bicyclic) bond motifs is 1. The van der Waals surface area contributed by atoms with Crippen molar-refractivity contribution in [2.75, 3.05) is 0 Å². The van der Waals surface area contributed by atoms with Crippen molar-refractivity contribution in [2.45, 2.75) is 6.54 Å². The number of pyridine rings is 2. The lowest BCUT2D eigenvalue weighted by Crippen LogP contribution is -2.44. The number of hydrogen-bond donors (Lipinski definition) is 0. The molecule has 0 aliphatic heterocycles. The molecular formula is C20H11Cl2F2N3O2. The van der Waals surface area contributed by atoms with Gasteiger partial charge in [-0.05, 0) is 24.3 Å². The van der Waals surface area contributed by atoms with E-state index in [0.717, 1.165) is 16.5 Å². The van der Waals surface area contributed by atoms with Crippen molar-refractivity contribution >= 4 is 28.8 Å². The minimum atomic E-state index is -1.17. The van der Waals surface area contributed by atoms with Gasteiger partial charge in [0.25, 0.3) is 5.65 Å². The average molecular weight is 434 g/mol. The van der Waals surface area contributed by atoms with E-state index in [1.165, 1.54) is 17.0 Å². The first-order valence-corrected chi connectivity index (χ1v) is 9.12. The minimum Gasteiger partial charge on any atom is -0.842 e. The van der Waals surface area contributed by atoms with E-state index in [0.29, 0.717) is 5.56 Å². The monoisotopic (exact) mass is 433 g/mol. The highest BCUT2D eigenvalue weighted by atomic mass is 35.5. The van der Waals surface area contributed by atoms with Crippen molar-refractivity contribution in [3.8, 4) is 17.0 Å². The van der Waals surface area contributed by atoms with E-state index in [4.69, 9.17) is 23.2 Å². The Balaban J connectivity index is 2.06. The molecule has 4 rings (SSSR count). The molecule has 9 heteroatoms. The quantitative estimate of drug-likeness (QED) is 0.282. The average Bonchev–Trinajstić information content (AvgIpc) is 2.72. The van der Waals surface area contributed by atoms with Crippen LogP contribution in [-0.4, -0.2) is 9.38 Å². The smallest absolute Gasteiger partial charge is 0.349 e. The van der Waals surface area contributed by atoms with E-state index in [1.807, 2.05) is 0 Å². The molecule has 0 aliphatic carbocycles. The lowest BCUT2D eigenvalue weighted by Gasteiger charge is -2.18. The Bertz CT molecular complexity index is 1310. The standard InChI is InChI=1S/C20H11Cl2F2N3O2/c21-12-5-6-13(23)16(18(12)24)17-19(28)26-8-2-1-3-15(26)27(20(17)29)10-11-4-7-14(22)25-9-11/h1-9H,10H2. The molecule has 4 aromatic rings. The first-order chi connectivity index (χ1) is 13.9. The SMILES string of the molecule is O=c1c(-c2c(F)ccc(Cl)c2F)c([O-])[n+](Cc2ccc(Cl)nc2)c2ccccn12. The summed E-state index contributed by atoms with van der Waals surface area (Å²) in [6.45, 7) is 0.00754. The normalized spacial score (nSPS) is 11.2. The third kappa shape index (κ3) is 3.32. The van der Waals surface area contributed by atoms with Crippen molar-refractivity contribution in [2.24, 2.45) is 0 Å². The molecule has 0 unspecified atom stereocenters. The lowest BCUT2D eigenvalue weighted by atomic mass is 10.1. The van der Waals surface area contributed by atoms with Gasteiger partial charge in [0.1, 0.15) is 23.1 Å². The molecule has 0 aliphatic rings. The number of rotatable bonds is 3. The third-order valence-electron chi connectivity index (χ3n) is 4.43. The zero-order valence-electron chi connectivity index (χ0n) is 14.6. The second kappa shape index (κ2) is 7.42. The van der Waals surface area contributed by atoms with Gasteiger partial charge in [-0.25, -0.2) is 23.1 Å². The summed E-state index contributed by atoms with van der Waals surface area (Å²) in [6.07, 6.45) is 2.89. The van der Waals surface area contributed by atoms with Crippen molar-refractivity contribution < 1.29 is 18.5 Å². The number of hydrogen-bond acceptors (Lipinski definition) is 3. The summed E-state index contributed by atoms with van der Waals surface area (Å²) in [4.78, 5) is 16.9. The zero-order chi connectivity index (χ0) is 20.7. The van der Waals surface area contributed by atoms with Crippen LogP contribution in [0.2, 0.25) is 10.2 Å². The molecule has 3 heterocycles. The van der Waals surface area contributed by atoms with Crippen LogP contribution in [0, 0.1) is 11.6 Å². The molecule has 3 aromatic heterocycles. The Labute approximate surface area is 173 Å². The van der Waals surface area contributed by atoms with Gasteiger partial charge < -0.3 is 5.11 Å². The maximum Gasteiger partial charge on any atom is 0.349 e. The van der Waals surface area contributed by atoms with E-state index in [2.05, 4.69) is 4.98 Å². The minimum absolute atomic E-state index is 0.00754. The van der Waals surface area contributed by atoms with Gasteiger partial charge in [0.2, 0.25) is 0 Å². The number of benzene rings is 1. The molecule has 0 fully saturated rings. The summed E-state index contributed by atoms with van der Waals surface area (Å²) < 4.78 is 31.5. The fourth-order valence-electron chi connectivity index (χ4n) is 3.08. The predicted octanol–water partition coefficient (Wildman–Crippen LogP) is 3.36. The van der Waals surface area contributed by atoms with Crippen molar-refractivity contribution in [3.05, 3.63) is 92.6 Å². The maximum atomic E-state index is 14.6. The maximum absolute atomic E-state index is 14.6. The van der Waals surface area contributed by atoms with Gasteiger partial charge in [0, 0.05) is 17.8 Å². The van der Waals surface area contributed by atoms with E-state index in [-0.39, 0.29) is 17.3 Å². The van der Waals surface area contributed by atoms with Crippen LogP contribution in [0.25, 0.3) is 16.8 Å². The second-order valence-electron chi connectivity index (χ2n) is 6.21. The summed E-state index contributed by atoms with van der Waals surface area (Å²) in [6, 6.07) is 9.91. The van der Waals surface area contributed by atoms with Crippen LogP contribution in [0.15, 0.2) is 59.7 Å². The molecule has 5 nitrogen and oxygen atoms in total. The van der Waals surface area contributed by atoms with Gasteiger partial charge in [-0.1, -0.05) is 35.3 Å². The fraction of sp³-hybridized carbons (Fsp3) is 0.0500. The van der Waals surface area contributed by atoms with E-state index in [1.54, 1.807) is 30.3 Å². The molecule has 146 valence electrons. The van der Waals surface area contributed by atoms with Crippen LogP contribution in [0.3, 0.4) is 0 Å². The molecule has 0 radical (unpaired) electrons. The molecule has 0 saturated carbocycles. The van der Waals surface area contributed by atoms with Crippen molar-refractivity contribution in [3.63, 3.8) is 0 Å². The van der Waals surface area contributed by atoms with Gasteiger partial charge in [0.15, 0.2) is 5.82 Å². The van der Waals surface area contributed by atoms with Gasteiger partial charge in [0.05, 0.1) is 22.7 Å². The molecule has 0 amide bonds. The highest BCUT2D eigenvalue weighted by Crippen LogP contribution is 2.31. The lowest BCUT2D eigenvalue weighted by molar-refractivity contribution is -0.708. The third-order valence-corrected chi connectivity index (χ3v) is 4.95. The van der Waals surface area contributed by atoms with Gasteiger partial charge >= 0.3 is 5.56 Å². The summed E-state index contributed by atoms with van der Waals surface area (Å²) in [7, 11) is 0. The topological polar surface area (TPSA) is 61.3 Å². The number of nitrogens with zero attached hydrogens (tertiary/aromatic N) is 3. The molecule has 0 atom stereocenters. The van der Waals surface area contributed by atoms with Crippen molar-refractivity contribution in [1.29, 1.82) is 0 Å². The summed E-state index contributed by atoms with van der Waals surface area (Å²) in [5.74, 6) is -3.08. The highest BCUT2D eigenvalue weighted by molar-refractivity contribution is 6.31. The largest absolute Gasteiger partial charge is 0.842 e. The van der Waals surface area contributed by atoms with E-state index >= 15 is 0 Å². The molecule has 0 bridgehead atoms. The summed E-state index contributed by atoms with van der Waals surface area (Å²) >= 11 is 11.6.